The molecule has 1 amide bonds. The van der Waals surface area contributed by atoms with Crippen LogP contribution in [0.2, 0.25) is 0 Å². The van der Waals surface area contributed by atoms with Crippen molar-refractivity contribution in [1.82, 2.24) is 10.3 Å². The molecule has 132 valence electrons. The number of pyridine rings is 1. The molecule has 0 saturated carbocycles. The van der Waals surface area contributed by atoms with E-state index in [2.05, 4.69) is 10.3 Å². The first-order valence-electron chi connectivity index (χ1n) is 8.06. The number of benzene rings is 1. The number of hydrogen-bond donors (Lipinski definition) is 3. The molecule has 1 aliphatic heterocycles. The number of aromatic nitrogens is 1. The highest BCUT2D eigenvalue weighted by atomic mass is 16.5. The first-order valence-corrected chi connectivity index (χ1v) is 8.06. The summed E-state index contributed by atoms with van der Waals surface area (Å²) in [5, 5.41) is 21.3. The summed E-state index contributed by atoms with van der Waals surface area (Å²) in [4.78, 5) is 16.2. The first-order chi connectivity index (χ1) is 12.2. The Morgan fingerprint density at radius 2 is 2.08 bits per heavy atom. The molecule has 1 aromatic carbocycles. The minimum Gasteiger partial charge on any atom is -0.506 e. The summed E-state index contributed by atoms with van der Waals surface area (Å²) >= 11 is 0. The minimum atomic E-state index is -0.324. The molecule has 7 nitrogen and oxygen atoms in total. The Balaban J connectivity index is 1.65. The van der Waals surface area contributed by atoms with Gasteiger partial charge in [-0.05, 0) is 36.2 Å². The van der Waals surface area contributed by atoms with E-state index in [1.807, 2.05) is 0 Å². The van der Waals surface area contributed by atoms with Crippen LogP contribution in [-0.4, -0.2) is 46.5 Å². The Labute approximate surface area is 145 Å². The Morgan fingerprint density at radius 1 is 1.28 bits per heavy atom. The summed E-state index contributed by atoms with van der Waals surface area (Å²) in [6.07, 6.45) is 1.54. The summed E-state index contributed by atoms with van der Waals surface area (Å²) in [7, 11) is 0. The molecular formula is C18H20N2O5. The van der Waals surface area contributed by atoms with Crippen molar-refractivity contribution in [1.29, 1.82) is 0 Å². The van der Waals surface area contributed by atoms with Crippen molar-refractivity contribution in [3.8, 4) is 11.5 Å². The second kappa shape index (κ2) is 7.96. The standard InChI is InChI=1S/C18H20N2O5/c21-10-12-1-4-14(5-2-12)25-17-11-24-8-7-15(17)20-18(23)16-6-3-13(22)9-19-16/h1-6,9,15,17,21-22H,7-8,10-11H2,(H,20,23)/t15-,17-/m1/s1. The summed E-state index contributed by atoms with van der Waals surface area (Å²) in [6, 6.07) is 9.80. The van der Waals surface area contributed by atoms with Gasteiger partial charge in [0.25, 0.3) is 5.91 Å². The number of rotatable bonds is 5. The van der Waals surface area contributed by atoms with Gasteiger partial charge in [0.05, 0.1) is 25.5 Å². The van der Waals surface area contributed by atoms with Gasteiger partial charge in [0.15, 0.2) is 0 Å². The summed E-state index contributed by atoms with van der Waals surface area (Å²) < 4.78 is 11.4. The molecule has 2 heterocycles. The van der Waals surface area contributed by atoms with Crippen molar-refractivity contribution in [2.24, 2.45) is 0 Å². The molecule has 1 aliphatic rings. The van der Waals surface area contributed by atoms with Crippen molar-refractivity contribution < 1.29 is 24.5 Å². The van der Waals surface area contributed by atoms with Crippen LogP contribution in [0.15, 0.2) is 42.6 Å². The van der Waals surface area contributed by atoms with Crippen molar-refractivity contribution in [2.45, 2.75) is 25.2 Å². The van der Waals surface area contributed by atoms with E-state index in [4.69, 9.17) is 14.6 Å². The van der Waals surface area contributed by atoms with Gasteiger partial charge in [-0.3, -0.25) is 4.79 Å². The van der Waals surface area contributed by atoms with Crippen molar-refractivity contribution in [2.75, 3.05) is 13.2 Å². The first kappa shape index (κ1) is 17.2. The fourth-order valence-corrected chi connectivity index (χ4v) is 2.60. The number of aromatic hydroxyl groups is 1. The van der Waals surface area contributed by atoms with Gasteiger partial charge in [0.1, 0.15) is 23.3 Å². The van der Waals surface area contributed by atoms with Crippen LogP contribution < -0.4 is 10.1 Å². The lowest BCUT2D eigenvalue weighted by Crippen LogP contribution is -2.51. The topological polar surface area (TPSA) is 101 Å². The van der Waals surface area contributed by atoms with E-state index in [9.17, 15) is 9.90 Å². The monoisotopic (exact) mass is 344 g/mol. The van der Waals surface area contributed by atoms with E-state index >= 15 is 0 Å². The van der Waals surface area contributed by atoms with Crippen LogP contribution in [0, 0.1) is 0 Å². The predicted molar refractivity (Wildman–Crippen MR) is 89.4 cm³/mol. The second-order valence-electron chi connectivity index (χ2n) is 5.80. The van der Waals surface area contributed by atoms with Gasteiger partial charge in [-0.15, -0.1) is 0 Å². The Hall–Kier alpha value is -2.64. The lowest BCUT2D eigenvalue weighted by Gasteiger charge is -2.32. The molecule has 0 aliphatic carbocycles. The van der Waals surface area contributed by atoms with Gasteiger partial charge >= 0.3 is 0 Å². The molecule has 25 heavy (non-hydrogen) atoms. The number of carbonyl (C=O) groups is 1. The molecule has 0 spiro atoms. The maximum absolute atomic E-state index is 12.3. The number of carbonyl (C=O) groups excluding carboxylic acids is 1. The van der Waals surface area contributed by atoms with Crippen LogP contribution in [0.4, 0.5) is 0 Å². The Bertz CT molecular complexity index is 702. The van der Waals surface area contributed by atoms with E-state index in [-0.39, 0.29) is 36.1 Å². The summed E-state index contributed by atoms with van der Waals surface area (Å²) in [5.41, 5.74) is 1.03. The molecular weight excluding hydrogens is 324 g/mol. The molecule has 1 fully saturated rings. The highest BCUT2D eigenvalue weighted by Crippen LogP contribution is 2.19. The SMILES string of the molecule is O=C(N[C@@H]1CCOC[C@H]1Oc1ccc(CO)cc1)c1ccc(O)cn1. The molecule has 2 atom stereocenters. The third-order valence-corrected chi connectivity index (χ3v) is 3.99. The molecule has 1 aromatic heterocycles. The predicted octanol–water partition coefficient (Wildman–Crippen LogP) is 1.25. The van der Waals surface area contributed by atoms with Crippen LogP contribution in [0.3, 0.4) is 0 Å². The highest BCUT2D eigenvalue weighted by Gasteiger charge is 2.29. The smallest absolute Gasteiger partial charge is 0.270 e. The number of nitrogens with one attached hydrogen (secondary N) is 1. The van der Waals surface area contributed by atoms with Crippen LogP contribution in [0.25, 0.3) is 0 Å². The lowest BCUT2D eigenvalue weighted by molar-refractivity contribution is -0.0135. The van der Waals surface area contributed by atoms with Gasteiger partial charge < -0.3 is 25.0 Å². The van der Waals surface area contributed by atoms with Crippen LogP contribution in [0.1, 0.15) is 22.5 Å². The van der Waals surface area contributed by atoms with E-state index < -0.39 is 0 Å². The summed E-state index contributed by atoms with van der Waals surface area (Å²) in [5.74, 6) is 0.334. The molecule has 0 radical (unpaired) electrons. The summed E-state index contributed by atoms with van der Waals surface area (Å²) in [6.45, 7) is 0.887. The molecule has 0 bridgehead atoms. The van der Waals surface area contributed by atoms with Crippen molar-refractivity contribution in [3.05, 3.63) is 53.9 Å². The van der Waals surface area contributed by atoms with Crippen molar-refractivity contribution >= 4 is 5.91 Å². The fourth-order valence-electron chi connectivity index (χ4n) is 2.60. The maximum atomic E-state index is 12.3. The van der Waals surface area contributed by atoms with Crippen molar-refractivity contribution in [3.63, 3.8) is 0 Å². The normalized spacial score (nSPS) is 20.0. The third kappa shape index (κ3) is 4.46. The number of aliphatic hydroxyl groups is 1. The Kier molecular flexibility index (Phi) is 5.47. The number of ether oxygens (including phenoxy) is 2. The van der Waals surface area contributed by atoms with Crippen LogP contribution in [-0.2, 0) is 11.3 Å². The maximum Gasteiger partial charge on any atom is 0.270 e. The van der Waals surface area contributed by atoms with Gasteiger partial charge in [-0.1, -0.05) is 12.1 Å². The zero-order valence-electron chi connectivity index (χ0n) is 13.6. The minimum absolute atomic E-state index is 0.00940. The third-order valence-electron chi connectivity index (χ3n) is 3.99. The zero-order valence-corrected chi connectivity index (χ0v) is 13.6. The van der Waals surface area contributed by atoms with Crippen LogP contribution in [0.5, 0.6) is 11.5 Å². The largest absolute Gasteiger partial charge is 0.506 e. The van der Waals surface area contributed by atoms with Gasteiger partial charge in [-0.2, -0.15) is 0 Å². The number of hydrogen-bond acceptors (Lipinski definition) is 6. The average Bonchev–Trinajstić information content (AvgIpc) is 2.64. The lowest BCUT2D eigenvalue weighted by atomic mass is 10.1. The number of amides is 1. The van der Waals surface area contributed by atoms with E-state index in [0.29, 0.717) is 25.4 Å². The van der Waals surface area contributed by atoms with E-state index in [1.165, 1.54) is 18.3 Å². The quantitative estimate of drug-likeness (QED) is 0.755. The van der Waals surface area contributed by atoms with E-state index in [0.717, 1.165) is 5.56 Å². The molecule has 0 unspecified atom stereocenters. The number of aliphatic hydroxyl groups excluding tert-OH is 1. The molecule has 3 rings (SSSR count). The molecule has 1 saturated heterocycles. The second-order valence-corrected chi connectivity index (χ2v) is 5.80. The number of nitrogens with zero attached hydrogens (tertiary/aromatic N) is 1. The molecule has 2 aromatic rings. The van der Waals surface area contributed by atoms with Crippen LogP contribution >= 0.6 is 0 Å². The van der Waals surface area contributed by atoms with Gasteiger partial charge in [0.2, 0.25) is 0 Å². The van der Waals surface area contributed by atoms with Gasteiger partial charge in [0, 0.05) is 6.61 Å². The zero-order chi connectivity index (χ0) is 17.6. The van der Waals surface area contributed by atoms with Gasteiger partial charge in [-0.25, -0.2) is 4.98 Å². The fraction of sp³-hybridized carbons (Fsp3) is 0.333. The Morgan fingerprint density at radius 3 is 2.76 bits per heavy atom. The van der Waals surface area contributed by atoms with E-state index in [1.54, 1.807) is 24.3 Å². The highest BCUT2D eigenvalue weighted by molar-refractivity contribution is 5.92. The molecule has 7 heteroatoms. The molecule has 3 N–H and O–H groups in total. The average molecular weight is 344 g/mol.